The van der Waals surface area contributed by atoms with Crippen molar-refractivity contribution < 1.29 is 4.79 Å². The van der Waals surface area contributed by atoms with E-state index >= 15 is 0 Å². The molecule has 0 saturated heterocycles. The predicted octanol–water partition coefficient (Wildman–Crippen LogP) is 2.22. The predicted molar refractivity (Wildman–Crippen MR) is 93.7 cm³/mol. The number of hydrogen-bond donors (Lipinski definition) is 1. The van der Waals surface area contributed by atoms with E-state index < -0.39 is 6.04 Å². The van der Waals surface area contributed by atoms with Gasteiger partial charge in [-0.15, -0.1) is 10.2 Å². The van der Waals surface area contributed by atoms with Crippen LogP contribution in [0.5, 0.6) is 0 Å². The number of nitrogens with zero attached hydrogens (tertiary/aromatic N) is 6. The highest BCUT2D eigenvalue weighted by atomic mass is 16.2. The van der Waals surface area contributed by atoms with Gasteiger partial charge in [0, 0.05) is 18.7 Å². The molecule has 1 aromatic carbocycles. The van der Waals surface area contributed by atoms with Crippen LogP contribution in [0.3, 0.4) is 0 Å². The zero-order chi connectivity index (χ0) is 18.0. The summed E-state index contributed by atoms with van der Waals surface area (Å²) in [6.45, 7) is 5.77. The second kappa shape index (κ2) is 6.84. The lowest BCUT2D eigenvalue weighted by Crippen LogP contribution is -2.32. The molecule has 0 spiro atoms. The van der Waals surface area contributed by atoms with E-state index in [0.717, 1.165) is 11.3 Å². The molecule has 2 aromatic heterocycles. The van der Waals surface area contributed by atoms with E-state index in [1.165, 1.54) is 4.80 Å². The molecule has 0 saturated carbocycles. The molecular formula is C17H21N7O. The number of anilines is 1. The smallest absolute Gasteiger partial charge is 0.252 e. The van der Waals surface area contributed by atoms with Gasteiger partial charge < -0.3 is 5.32 Å². The minimum Gasteiger partial charge on any atom is -0.309 e. The van der Waals surface area contributed by atoms with Gasteiger partial charge in [-0.05, 0) is 18.1 Å². The van der Waals surface area contributed by atoms with Crippen molar-refractivity contribution in [1.29, 1.82) is 0 Å². The number of amides is 1. The third-order valence-corrected chi connectivity index (χ3v) is 3.86. The molecule has 2 heterocycles. The van der Waals surface area contributed by atoms with Crippen LogP contribution in [-0.2, 0) is 11.8 Å². The van der Waals surface area contributed by atoms with Crippen molar-refractivity contribution >= 4 is 11.7 Å². The molecule has 0 fully saturated rings. The molecule has 0 unspecified atom stereocenters. The number of hydrogen-bond acceptors (Lipinski definition) is 5. The monoisotopic (exact) mass is 339 g/mol. The number of benzene rings is 1. The Morgan fingerprint density at radius 1 is 1.16 bits per heavy atom. The number of tetrazole rings is 1. The molecule has 3 rings (SSSR count). The van der Waals surface area contributed by atoms with Gasteiger partial charge in [0.1, 0.15) is 5.82 Å². The van der Waals surface area contributed by atoms with Crippen molar-refractivity contribution in [3.63, 3.8) is 0 Å². The normalized spacial score (nSPS) is 12.4. The van der Waals surface area contributed by atoms with Crippen LogP contribution in [-0.4, -0.2) is 35.9 Å². The summed E-state index contributed by atoms with van der Waals surface area (Å²) in [5.74, 6) is 0.925. The Morgan fingerprint density at radius 2 is 1.88 bits per heavy atom. The summed E-state index contributed by atoms with van der Waals surface area (Å²) in [4.78, 5) is 14.2. The SMILES string of the molecule is Cc1cc(NC(=O)[C@@H](C(C)C)n2nnc(-c3ccccc3)n2)n(C)n1. The zero-order valence-electron chi connectivity index (χ0n) is 14.7. The number of nitrogens with one attached hydrogen (secondary N) is 1. The lowest BCUT2D eigenvalue weighted by atomic mass is 10.0. The highest BCUT2D eigenvalue weighted by Crippen LogP contribution is 2.20. The van der Waals surface area contributed by atoms with E-state index in [2.05, 4.69) is 25.8 Å². The van der Waals surface area contributed by atoms with Crippen molar-refractivity contribution in [2.75, 3.05) is 5.32 Å². The Balaban J connectivity index is 1.85. The van der Waals surface area contributed by atoms with Crippen molar-refractivity contribution in [2.45, 2.75) is 26.8 Å². The molecule has 8 nitrogen and oxygen atoms in total. The first-order valence-electron chi connectivity index (χ1n) is 8.12. The maximum Gasteiger partial charge on any atom is 0.252 e. The quantitative estimate of drug-likeness (QED) is 0.770. The molecule has 0 radical (unpaired) electrons. The minimum atomic E-state index is -0.569. The Hall–Kier alpha value is -3.03. The Bertz CT molecular complexity index is 866. The molecule has 0 aliphatic carbocycles. The van der Waals surface area contributed by atoms with Crippen LogP contribution < -0.4 is 5.32 Å². The molecule has 0 aliphatic heterocycles. The standard InChI is InChI=1S/C17H21N7O/c1-11(2)15(17(25)18-14-10-12(3)20-23(14)4)24-21-16(19-22-24)13-8-6-5-7-9-13/h5-11,15H,1-4H3,(H,18,25)/t15-/m1/s1. The van der Waals surface area contributed by atoms with Gasteiger partial charge in [-0.3, -0.25) is 9.48 Å². The summed E-state index contributed by atoms with van der Waals surface area (Å²) < 4.78 is 1.63. The summed E-state index contributed by atoms with van der Waals surface area (Å²) in [5.41, 5.74) is 1.70. The van der Waals surface area contributed by atoms with E-state index in [-0.39, 0.29) is 11.8 Å². The average Bonchev–Trinajstić information content (AvgIpc) is 3.15. The Labute approximate surface area is 145 Å². The van der Waals surface area contributed by atoms with Gasteiger partial charge in [0.15, 0.2) is 6.04 Å². The Morgan fingerprint density at radius 3 is 2.48 bits per heavy atom. The fraction of sp³-hybridized carbons (Fsp3) is 0.353. The molecular weight excluding hydrogens is 318 g/mol. The van der Waals surface area contributed by atoms with E-state index in [4.69, 9.17) is 0 Å². The summed E-state index contributed by atoms with van der Waals surface area (Å²) in [6.07, 6.45) is 0. The molecule has 3 aromatic rings. The average molecular weight is 339 g/mol. The number of carbonyl (C=O) groups excluding carboxylic acids is 1. The molecule has 25 heavy (non-hydrogen) atoms. The van der Waals surface area contributed by atoms with Crippen LogP contribution in [0.25, 0.3) is 11.4 Å². The molecule has 1 amide bonds. The number of aryl methyl sites for hydroxylation is 2. The van der Waals surface area contributed by atoms with Crippen molar-refractivity contribution in [1.82, 2.24) is 30.0 Å². The summed E-state index contributed by atoms with van der Waals surface area (Å²) in [7, 11) is 1.79. The lowest BCUT2D eigenvalue weighted by molar-refractivity contribution is -0.121. The van der Waals surface area contributed by atoms with Crippen LogP contribution >= 0.6 is 0 Å². The van der Waals surface area contributed by atoms with Gasteiger partial charge >= 0.3 is 0 Å². The highest BCUT2D eigenvalue weighted by molar-refractivity contribution is 5.93. The first kappa shape index (κ1) is 16.8. The minimum absolute atomic E-state index is 0.00727. The lowest BCUT2D eigenvalue weighted by Gasteiger charge is -2.18. The van der Waals surface area contributed by atoms with Crippen LogP contribution in [0.1, 0.15) is 25.6 Å². The van der Waals surface area contributed by atoms with Gasteiger partial charge in [-0.1, -0.05) is 44.2 Å². The second-order valence-electron chi connectivity index (χ2n) is 6.27. The first-order chi connectivity index (χ1) is 12.0. The van der Waals surface area contributed by atoms with Crippen LogP contribution in [0.2, 0.25) is 0 Å². The fourth-order valence-electron chi connectivity index (χ4n) is 2.65. The van der Waals surface area contributed by atoms with E-state index in [9.17, 15) is 4.79 Å². The topological polar surface area (TPSA) is 90.5 Å². The van der Waals surface area contributed by atoms with Crippen molar-refractivity contribution in [3.8, 4) is 11.4 Å². The molecule has 1 N–H and O–H groups in total. The number of rotatable bonds is 5. The highest BCUT2D eigenvalue weighted by Gasteiger charge is 2.28. The van der Waals surface area contributed by atoms with Crippen LogP contribution in [0.15, 0.2) is 36.4 Å². The van der Waals surface area contributed by atoms with Gasteiger partial charge in [0.05, 0.1) is 5.69 Å². The third-order valence-electron chi connectivity index (χ3n) is 3.86. The molecule has 0 aliphatic rings. The van der Waals surface area contributed by atoms with Crippen LogP contribution in [0, 0.1) is 12.8 Å². The number of aromatic nitrogens is 6. The largest absolute Gasteiger partial charge is 0.309 e. The van der Waals surface area contributed by atoms with Gasteiger partial charge in [0.2, 0.25) is 5.82 Å². The van der Waals surface area contributed by atoms with Crippen molar-refractivity contribution in [2.24, 2.45) is 13.0 Å². The second-order valence-corrected chi connectivity index (χ2v) is 6.27. The first-order valence-corrected chi connectivity index (χ1v) is 8.12. The summed E-state index contributed by atoms with van der Waals surface area (Å²) >= 11 is 0. The van der Waals surface area contributed by atoms with E-state index in [1.807, 2.05) is 57.2 Å². The third kappa shape index (κ3) is 3.57. The fourth-order valence-corrected chi connectivity index (χ4v) is 2.65. The zero-order valence-corrected chi connectivity index (χ0v) is 14.7. The summed E-state index contributed by atoms with van der Waals surface area (Å²) in [6, 6.07) is 10.8. The van der Waals surface area contributed by atoms with Gasteiger partial charge in [-0.25, -0.2) is 0 Å². The van der Waals surface area contributed by atoms with E-state index in [1.54, 1.807) is 11.7 Å². The number of carbonyl (C=O) groups is 1. The summed E-state index contributed by atoms with van der Waals surface area (Å²) in [5, 5.41) is 19.7. The molecule has 1 atom stereocenters. The Kier molecular flexibility index (Phi) is 4.60. The van der Waals surface area contributed by atoms with Crippen molar-refractivity contribution in [3.05, 3.63) is 42.1 Å². The molecule has 8 heteroatoms. The van der Waals surface area contributed by atoms with Crippen LogP contribution in [0.4, 0.5) is 5.82 Å². The maximum atomic E-state index is 12.8. The molecule has 0 bridgehead atoms. The molecule has 130 valence electrons. The van der Waals surface area contributed by atoms with Gasteiger partial charge in [-0.2, -0.15) is 9.90 Å². The van der Waals surface area contributed by atoms with E-state index in [0.29, 0.717) is 11.6 Å². The maximum absolute atomic E-state index is 12.8. The van der Waals surface area contributed by atoms with Gasteiger partial charge in [0.25, 0.3) is 5.91 Å².